The lowest BCUT2D eigenvalue weighted by molar-refractivity contribution is -0.166. The van der Waals surface area contributed by atoms with E-state index in [-0.39, 0.29) is 30.4 Å². The fourth-order valence-electron chi connectivity index (χ4n) is 4.29. The van der Waals surface area contributed by atoms with Crippen molar-refractivity contribution < 1.29 is 47.6 Å². The molecule has 40 heavy (non-hydrogen) atoms. The topological polar surface area (TPSA) is 191 Å². The molecule has 16 nitrogen and oxygen atoms in total. The SMILES string of the molecule is CC(=O)OC[C@H]1O[C@@H](n2cnc3c(NC(=O)Nc4ccc5c(c4)OCO5)ncnc32)[C@H](OC(C)=O)[C@@H]1OC(C)=O. The summed E-state index contributed by atoms with van der Waals surface area (Å²) in [6.45, 7) is 3.43. The molecule has 2 aliphatic rings. The van der Waals surface area contributed by atoms with Crippen molar-refractivity contribution in [2.24, 2.45) is 0 Å². The van der Waals surface area contributed by atoms with Gasteiger partial charge < -0.3 is 33.7 Å². The van der Waals surface area contributed by atoms with Crippen LogP contribution in [0.25, 0.3) is 11.2 Å². The molecule has 1 aromatic carbocycles. The third-order valence-electron chi connectivity index (χ3n) is 5.84. The molecule has 0 bridgehead atoms. The van der Waals surface area contributed by atoms with Crippen LogP contribution in [0.15, 0.2) is 30.9 Å². The smallest absolute Gasteiger partial charge is 0.324 e. The number of carbonyl (C=O) groups is 4. The molecule has 0 unspecified atom stereocenters. The molecule has 2 N–H and O–H groups in total. The zero-order valence-corrected chi connectivity index (χ0v) is 21.5. The van der Waals surface area contributed by atoms with Gasteiger partial charge in [-0.1, -0.05) is 0 Å². The molecule has 4 atom stereocenters. The van der Waals surface area contributed by atoms with Crippen molar-refractivity contribution in [3.63, 3.8) is 0 Å². The summed E-state index contributed by atoms with van der Waals surface area (Å²) >= 11 is 0. The Kier molecular flexibility index (Phi) is 7.33. The number of fused-ring (bicyclic) bond motifs is 2. The first kappa shape index (κ1) is 26.6. The summed E-state index contributed by atoms with van der Waals surface area (Å²) in [7, 11) is 0. The summed E-state index contributed by atoms with van der Waals surface area (Å²) in [6, 6.07) is 4.32. The Hall–Kier alpha value is -4.99. The number of carbonyl (C=O) groups excluding carboxylic acids is 4. The summed E-state index contributed by atoms with van der Waals surface area (Å²) in [5.74, 6) is -0.743. The highest BCUT2D eigenvalue weighted by Crippen LogP contribution is 2.37. The Balaban J connectivity index is 1.40. The number of imidazole rings is 1. The van der Waals surface area contributed by atoms with Crippen LogP contribution in [0.5, 0.6) is 11.5 Å². The number of rotatable bonds is 7. The molecule has 2 aliphatic heterocycles. The van der Waals surface area contributed by atoms with E-state index in [1.54, 1.807) is 18.2 Å². The van der Waals surface area contributed by atoms with E-state index in [1.807, 2.05) is 0 Å². The quantitative estimate of drug-likeness (QED) is 0.315. The van der Waals surface area contributed by atoms with Crippen molar-refractivity contribution in [3.8, 4) is 11.5 Å². The molecule has 210 valence electrons. The van der Waals surface area contributed by atoms with Crippen LogP contribution in [-0.4, -0.2) is 75.2 Å². The molecule has 0 saturated carbocycles. The van der Waals surface area contributed by atoms with Crippen molar-refractivity contribution >= 4 is 46.6 Å². The maximum Gasteiger partial charge on any atom is 0.324 e. The molecular weight excluding hydrogens is 532 g/mol. The van der Waals surface area contributed by atoms with E-state index in [0.717, 1.165) is 0 Å². The van der Waals surface area contributed by atoms with Gasteiger partial charge in [-0.25, -0.2) is 19.7 Å². The Labute approximate surface area is 225 Å². The fraction of sp³-hybridized carbons (Fsp3) is 0.375. The van der Waals surface area contributed by atoms with Crippen LogP contribution in [0.1, 0.15) is 27.0 Å². The lowest BCUT2D eigenvalue weighted by atomic mass is 10.1. The Bertz CT molecular complexity index is 1480. The maximum absolute atomic E-state index is 12.7. The Morgan fingerprint density at radius 1 is 0.950 bits per heavy atom. The van der Waals surface area contributed by atoms with Gasteiger partial charge in [0.25, 0.3) is 0 Å². The molecule has 3 aromatic rings. The van der Waals surface area contributed by atoms with Gasteiger partial charge in [0.1, 0.15) is 19.0 Å². The van der Waals surface area contributed by atoms with Gasteiger partial charge in [-0.05, 0) is 12.1 Å². The fourth-order valence-corrected chi connectivity index (χ4v) is 4.29. The summed E-state index contributed by atoms with van der Waals surface area (Å²) in [5, 5.41) is 5.30. The van der Waals surface area contributed by atoms with E-state index in [4.69, 9.17) is 28.4 Å². The molecule has 0 radical (unpaired) electrons. The van der Waals surface area contributed by atoms with Gasteiger partial charge in [0.2, 0.25) is 6.79 Å². The van der Waals surface area contributed by atoms with Crippen LogP contribution in [0.4, 0.5) is 16.3 Å². The first-order valence-corrected chi connectivity index (χ1v) is 12.0. The second kappa shape index (κ2) is 11.0. The highest BCUT2D eigenvalue weighted by molar-refractivity contribution is 6.03. The normalized spacial score (nSPS) is 21.1. The van der Waals surface area contributed by atoms with E-state index in [2.05, 4.69) is 25.6 Å². The number of benzene rings is 1. The number of amides is 2. The molecule has 2 aromatic heterocycles. The molecule has 0 spiro atoms. The highest BCUT2D eigenvalue weighted by Gasteiger charge is 2.51. The Morgan fingerprint density at radius 3 is 2.45 bits per heavy atom. The van der Waals surface area contributed by atoms with Crippen LogP contribution >= 0.6 is 0 Å². The van der Waals surface area contributed by atoms with E-state index >= 15 is 0 Å². The summed E-state index contributed by atoms with van der Waals surface area (Å²) in [4.78, 5) is 60.6. The number of nitrogens with one attached hydrogen (secondary N) is 2. The van der Waals surface area contributed by atoms with E-state index in [0.29, 0.717) is 17.2 Å². The number of esters is 3. The second-order valence-electron chi connectivity index (χ2n) is 8.71. The number of hydrogen-bond acceptors (Lipinski definition) is 13. The summed E-state index contributed by atoms with van der Waals surface area (Å²) < 4.78 is 34.0. The monoisotopic (exact) mass is 556 g/mol. The molecule has 4 heterocycles. The van der Waals surface area contributed by atoms with Crippen molar-refractivity contribution in [1.82, 2.24) is 19.5 Å². The summed E-state index contributed by atoms with van der Waals surface area (Å²) in [5.41, 5.74) is 0.864. The van der Waals surface area contributed by atoms with Crippen LogP contribution < -0.4 is 20.1 Å². The number of nitrogens with zero attached hydrogens (tertiary/aromatic N) is 4. The number of ether oxygens (including phenoxy) is 6. The van der Waals surface area contributed by atoms with Crippen LogP contribution in [-0.2, 0) is 33.3 Å². The molecule has 2 amide bonds. The molecular formula is C24H24N6O10. The van der Waals surface area contributed by atoms with Gasteiger partial charge >= 0.3 is 23.9 Å². The third-order valence-corrected chi connectivity index (χ3v) is 5.84. The minimum Gasteiger partial charge on any atom is -0.463 e. The van der Waals surface area contributed by atoms with E-state index < -0.39 is 48.5 Å². The zero-order chi connectivity index (χ0) is 28.4. The predicted octanol–water partition coefficient (Wildman–Crippen LogP) is 1.52. The van der Waals surface area contributed by atoms with Gasteiger partial charge in [0.15, 0.2) is 46.9 Å². The minimum atomic E-state index is -1.14. The molecule has 5 rings (SSSR count). The van der Waals surface area contributed by atoms with E-state index in [1.165, 1.54) is 38.0 Å². The van der Waals surface area contributed by atoms with Gasteiger partial charge in [-0.2, -0.15) is 0 Å². The number of anilines is 2. The highest BCUT2D eigenvalue weighted by atomic mass is 16.7. The van der Waals surface area contributed by atoms with Crippen molar-refractivity contribution in [3.05, 3.63) is 30.9 Å². The van der Waals surface area contributed by atoms with Gasteiger partial charge in [-0.15, -0.1) is 0 Å². The maximum atomic E-state index is 12.7. The second-order valence-corrected chi connectivity index (χ2v) is 8.71. The third kappa shape index (κ3) is 5.56. The van der Waals surface area contributed by atoms with Crippen molar-refractivity contribution in [2.45, 2.75) is 45.3 Å². The number of aromatic nitrogens is 4. The van der Waals surface area contributed by atoms with Gasteiger partial charge in [0.05, 0.1) is 6.33 Å². The van der Waals surface area contributed by atoms with E-state index in [9.17, 15) is 19.2 Å². The zero-order valence-electron chi connectivity index (χ0n) is 21.5. The number of hydrogen-bond donors (Lipinski definition) is 2. The molecule has 1 fully saturated rings. The first-order chi connectivity index (χ1) is 19.2. The molecule has 0 aliphatic carbocycles. The van der Waals surface area contributed by atoms with Crippen molar-refractivity contribution in [2.75, 3.05) is 24.0 Å². The van der Waals surface area contributed by atoms with Crippen LogP contribution in [0.2, 0.25) is 0 Å². The first-order valence-electron chi connectivity index (χ1n) is 12.0. The lowest BCUT2D eigenvalue weighted by Gasteiger charge is -2.23. The standard InChI is InChI=1S/C24H24N6O10/c1-11(31)35-7-17-19(38-12(2)32)20(39-13(3)33)23(40-17)30-9-27-18-21(25-8-26-22(18)30)29-24(34)28-14-4-5-15-16(6-14)37-10-36-15/h4-6,8-9,17,19-20,23H,7,10H2,1-3H3,(H2,25,26,28,29,34)/t17-,19-,20-,23-/m1/s1. The average Bonchev–Trinajstić information content (AvgIpc) is 3.60. The average molecular weight is 556 g/mol. The largest absolute Gasteiger partial charge is 0.463 e. The molecule has 1 saturated heterocycles. The van der Waals surface area contributed by atoms with Crippen LogP contribution in [0, 0.1) is 0 Å². The molecule has 16 heteroatoms. The van der Waals surface area contributed by atoms with Crippen LogP contribution in [0.3, 0.4) is 0 Å². The minimum absolute atomic E-state index is 0.0806. The summed E-state index contributed by atoms with van der Waals surface area (Å²) in [6.07, 6.45) is -1.74. The van der Waals surface area contributed by atoms with Gasteiger partial charge in [0, 0.05) is 32.5 Å². The predicted molar refractivity (Wildman–Crippen MR) is 132 cm³/mol. The lowest BCUT2D eigenvalue weighted by Crippen LogP contribution is -2.40. The van der Waals surface area contributed by atoms with Gasteiger partial charge in [-0.3, -0.25) is 24.3 Å². The number of urea groups is 1. The Morgan fingerprint density at radius 2 is 1.70 bits per heavy atom. The van der Waals surface area contributed by atoms with Crippen molar-refractivity contribution in [1.29, 1.82) is 0 Å².